The highest BCUT2D eigenvalue weighted by Crippen LogP contribution is 2.42. The van der Waals surface area contributed by atoms with E-state index in [0.29, 0.717) is 17.4 Å². The number of hydrogen-bond acceptors (Lipinski definition) is 5. The number of carbonyl (C=O) groups excluding carboxylic acids is 2. The summed E-state index contributed by atoms with van der Waals surface area (Å²) in [6, 6.07) is 12.4. The maximum atomic E-state index is 13.0. The van der Waals surface area contributed by atoms with E-state index in [1.807, 2.05) is 12.1 Å². The van der Waals surface area contributed by atoms with E-state index in [4.69, 9.17) is 9.90 Å². The van der Waals surface area contributed by atoms with Gasteiger partial charge in [0.1, 0.15) is 5.75 Å². The lowest BCUT2D eigenvalue weighted by atomic mass is 9.84. The van der Waals surface area contributed by atoms with Crippen molar-refractivity contribution in [3.05, 3.63) is 64.7 Å². The number of aliphatic carboxylic acids is 1. The Morgan fingerprint density at radius 3 is 2.09 bits per heavy atom. The van der Waals surface area contributed by atoms with Gasteiger partial charge in [-0.2, -0.15) is 0 Å². The van der Waals surface area contributed by atoms with Crippen LogP contribution in [0.1, 0.15) is 89.6 Å². The minimum Gasteiger partial charge on any atom is -0.507 e. The van der Waals surface area contributed by atoms with Gasteiger partial charge < -0.3 is 15.1 Å². The first-order valence-corrected chi connectivity index (χ1v) is 12.2. The summed E-state index contributed by atoms with van der Waals surface area (Å²) in [4.78, 5) is 36.8. The molecule has 4 N–H and O–H groups in total. The Morgan fingerprint density at radius 2 is 1.51 bits per heavy atom. The molecule has 4 rings (SSSR count). The molecule has 0 spiro atoms. The molecule has 2 aromatic rings. The van der Waals surface area contributed by atoms with E-state index in [1.54, 1.807) is 12.1 Å². The van der Waals surface area contributed by atoms with E-state index < -0.39 is 11.9 Å². The van der Waals surface area contributed by atoms with Crippen LogP contribution in [-0.4, -0.2) is 52.5 Å². The van der Waals surface area contributed by atoms with Gasteiger partial charge in [0, 0.05) is 12.5 Å². The zero-order valence-corrected chi connectivity index (χ0v) is 20.4. The number of hydrogen-bond donors (Lipinski definition) is 4. The summed E-state index contributed by atoms with van der Waals surface area (Å²) in [5.74, 6) is -0.853. The number of phenols is 1. The van der Waals surface area contributed by atoms with E-state index in [-0.39, 0.29) is 17.2 Å². The van der Waals surface area contributed by atoms with Crippen LogP contribution in [0.25, 0.3) is 0 Å². The number of nitrogens with zero attached hydrogens (tertiary/aromatic N) is 1. The third kappa shape index (κ3) is 7.55. The van der Waals surface area contributed by atoms with Crippen LogP contribution >= 0.6 is 0 Å². The van der Waals surface area contributed by atoms with Crippen molar-refractivity contribution in [1.82, 2.24) is 15.8 Å². The molecule has 0 aromatic heterocycles. The number of aromatic hydroxyl groups is 1. The van der Waals surface area contributed by atoms with Crippen LogP contribution in [-0.2, 0) is 4.79 Å². The Bertz CT molecular complexity index is 1040. The predicted octanol–water partition coefficient (Wildman–Crippen LogP) is 4.02. The summed E-state index contributed by atoms with van der Waals surface area (Å²) in [5, 5.41) is 17.3. The molecule has 0 radical (unpaired) electrons. The number of benzene rings is 2. The number of carbonyl (C=O) groups is 3. The van der Waals surface area contributed by atoms with Crippen molar-refractivity contribution in [2.24, 2.45) is 0 Å². The molecule has 0 unspecified atom stereocenters. The van der Waals surface area contributed by atoms with Gasteiger partial charge in [-0.3, -0.25) is 25.2 Å². The Hall–Kier alpha value is -3.39. The number of hydrazine groups is 1. The van der Waals surface area contributed by atoms with Crippen molar-refractivity contribution in [2.75, 3.05) is 19.6 Å². The molecule has 1 saturated carbocycles. The average molecular weight is 482 g/mol. The summed E-state index contributed by atoms with van der Waals surface area (Å²) in [6.07, 6.45) is 5.68. The minimum absolute atomic E-state index is 0.121. The molecule has 2 aromatic carbocycles. The first-order valence-electron chi connectivity index (χ1n) is 12.2. The number of amides is 2. The van der Waals surface area contributed by atoms with Crippen LogP contribution < -0.4 is 10.9 Å². The Balaban J connectivity index is 0.000000795. The largest absolute Gasteiger partial charge is 0.507 e. The highest BCUT2D eigenvalue weighted by atomic mass is 16.4. The highest BCUT2D eigenvalue weighted by Gasteiger charge is 2.28. The smallest absolute Gasteiger partial charge is 0.300 e. The molecule has 8 nitrogen and oxygen atoms in total. The number of rotatable bonds is 6. The monoisotopic (exact) mass is 481 g/mol. The molecule has 2 amide bonds. The lowest BCUT2D eigenvalue weighted by Crippen LogP contribution is -2.42. The molecular weight excluding hydrogens is 446 g/mol. The number of nitrogens with one attached hydrogen (secondary N) is 2. The molecule has 8 heteroatoms. The van der Waals surface area contributed by atoms with Gasteiger partial charge in [-0.1, -0.05) is 31.2 Å². The van der Waals surface area contributed by atoms with Crippen molar-refractivity contribution in [1.29, 1.82) is 0 Å². The third-order valence-corrected chi connectivity index (χ3v) is 6.37. The van der Waals surface area contributed by atoms with Crippen molar-refractivity contribution >= 4 is 17.8 Å². The zero-order valence-electron chi connectivity index (χ0n) is 20.4. The molecule has 188 valence electrons. The first-order chi connectivity index (χ1) is 16.8. The quantitative estimate of drug-likeness (QED) is 0.463. The molecule has 2 aliphatic rings. The molecule has 0 atom stereocenters. The number of carboxylic acids is 1. The lowest BCUT2D eigenvalue weighted by molar-refractivity contribution is -0.134. The summed E-state index contributed by atoms with van der Waals surface area (Å²) in [5.41, 5.74) is 8.13. The fraction of sp³-hybridized carbons (Fsp3) is 0.444. The van der Waals surface area contributed by atoms with Crippen molar-refractivity contribution in [3.8, 4) is 5.75 Å². The van der Waals surface area contributed by atoms with E-state index in [2.05, 4.69) is 28.7 Å². The zero-order chi connectivity index (χ0) is 25.4. The minimum atomic E-state index is -0.833. The lowest BCUT2D eigenvalue weighted by Gasteiger charge is -2.33. The van der Waals surface area contributed by atoms with E-state index in [0.717, 1.165) is 51.4 Å². The summed E-state index contributed by atoms with van der Waals surface area (Å²) in [7, 11) is 0. The van der Waals surface area contributed by atoms with Gasteiger partial charge in [-0.05, 0) is 92.9 Å². The van der Waals surface area contributed by atoms with Crippen molar-refractivity contribution < 1.29 is 24.6 Å². The molecular formula is C27H35N3O5. The maximum absolute atomic E-state index is 13.0. The van der Waals surface area contributed by atoms with E-state index in [9.17, 15) is 14.7 Å². The second-order valence-corrected chi connectivity index (χ2v) is 9.18. The van der Waals surface area contributed by atoms with Gasteiger partial charge in [-0.15, -0.1) is 0 Å². The molecule has 1 heterocycles. The molecule has 1 saturated heterocycles. The third-order valence-electron chi connectivity index (χ3n) is 6.37. The van der Waals surface area contributed by atoms with Gasteiger partial charge in [0.25, 0.3) is 17.8 Å². The molecule has 35 heavy (non-hydrogen) atoms. The number of phenolic OH excluding ortho intramolecular Hbond substituents is 1. The summed E-state index contributed by atoms with van der Waals surface area (Å²) >= 11 is 0. The molecule has 1 aliphatic carbocycles. The Morgan fingerprint density at radius 1 is 0.914 bits per heavy atom. The number of piperidine rings is 1. The molecule has 1 aliphatic heterocycles. The Labute approximate surface area is 206 Å². The van der Waals surface area contributed by atoms with Crippen LogP contribution in [0, 0.1) is 0 Å². The fourth-order valence-corrected chi connectivity index (χ4v) is 4.49. The molecule has 2 fully saturated rings. The van der Waals surface area contributed by atoms with Gasteiger partial charge in [0.2, 0.25) is 0 Å². The predicted molar refractivity (Wildman–Crippen MR) is 133 cm³/mol. The van der Waals surface area contributed by atoms with Crippen LogP contribution in [0.15, 0.2) is 42.5 Å². The van der Waals surface area contributed by atoms with E-state index in [1.165, 1.54) is 30.5 Å². The first kappa shape index (κ1) is 26.2. The van der Waals surface area contributed by atoms with Gasteiger partial charge in [0.05, 0.1) is 5.56 Å². The van der Waals surface area contributed by atoms with E-state index >= 15 is 0 Å². The standard InChI is InChI=1S/C25H31N3O3.C2H4O2/c1-2-13-28-14-11-18(12-15-28)22-16-19(17-7-8-17)9-10-20(22)24(30)26-27-25(31)21-5-3-4-6-23(21)29;1-2(3)4/h3-6,9-10,16-18,29H,2,7-8,11-15H2,1H3,(H,26,30)(H,27,31);1H3,(H,3,4). The average Bonchev–Trinajstić information content (AvgIpc) is 3.68. The van der Waals surface area contributed by atoms with Crippen molar-refractivity contribution in [3.63, 3.8) is 0 Å². The summed E-state index contributed by atoms with van der Waals surface area (Å²) < 4.78 is 0. The van der Waals surface area contributed by atoms with Gasteiger partial charge in [-0.25, -0.2) is 0 Å². The van der Waals surface area contributed by atoms with Gasteiger partial charge in [0.15, 0.2) is 0 Å². The van der Waals surface area contributed by atoms with Crippen LogP contribution in [0.3, 0.4) is 0 Å². The normalized spacial score (nSPS) is 16.1. The second kappa shape index (κ2) is 12.4. The topological polar surface area (TPSA) is 119 Å². The van der Waals surface area contributed by atoms with Crippen LogP contribution in [0.2, 0.25) is 0 Å². The Kier molecular flexibility index (Phi) is 9.25. The number of likely N-dealkylation sites (tertiary alicyclic amines) is 1. The van der Waals surface area contributed by atoms with Crippen molar-refractivity contribution in [2.45, 2.75) is 57.8 Å². The highest BCUT2D eigenvalue weighted by molar-refractivity contribution is 6.01. The maximum Gasteiger partial charge on any atom is 0.300 e. The summed E-state index contributed by atoms with van der Waals surface area (Å²) in [6.45, 7) is 6.52. The second-order valence-electron chi connectivity index (χ2n) is 9.18. The van der Waals surface area contributed by atoms with Crippen LogP contribution in [0.5, 0.6) is 5.75 Å². The fourth-order valence-electron chi connectivity index (χ4n) is 4.49. The van der Waals surface area contributed by atoms with Crippen LogP contribution in [0.4, 0.5) is 0 Å². The number of carboxylic acid groups (broad SMARTS) is 1. The molecule has 0 bridgehead atoms. The number of para-hydroxylation sites is 1. The van der Waals surface area contributed by atoms with Gasteiger partial charge >= 0.3 is 0 Å². The SMILES string of the molecule is CC(=O)O.CCCN1CCC(c2cc(C3CC3)ccc2C(=O)NNC(=O)c2ccccc2O)CC1.